The normalized spacial score (nSPS) is 18.0. The van der Waals surface area contributed by atoms with E-state index in [-0.39, 0.29) is 5.91 Å². The van der Waals surface area contributed by atoms with E-state index >= 15 is 0 Å². The van der Waals surface area contributed by atoms with Gasteiger partial charge in [0.15, 0.2) is 0 Å². The maximum atomic E-state index is 13.0. The fourth-order valence-electron chi connectivity index (χ4n) is 3.06. The van der Waals surface area contributed by atoms with E-state index in [1.807, 2.05) is 19.4 Å². The van der Waals surface area contributed by atoms with Gasteiger partial charge in [0, 0.05) is 12.4 Å². The minimum Gasteiger partial charge on any atom is -0.392 e. The molecular formula is C15H23N3OS2. The van der Waals surface area contributed by atoms with Gasteiger partial charge < -0.3 is 10.6 Å². The van der Waals surface area contributed by atoms with Crippen LogP contribution in [0, 0.1) is 12.3 Å². The number of thiazole rings is 1. The van der Waals surface area contributed by atoms with E-state index in [0.717, 1.165) is 49.2 Å². The Morgan fingerprint density at radius 2 is 2.05 bits per heavy atom. The van der Waals surface area contributed by atoms with Gasteiger partial charge in [-0.05, 0) is 19.8 Å². The Bertz CT molecular complexity index is 519. The second kappa shape index (κ2) is 6.83. The van der Waals surface area contributed by atoms with Gasteiger partial charge in [-0.3, -0.25) is 4.79 Å². The fourth-order valence-corrected chi connectivity index (χ4v) is 3.95. The van der Waals surface area contributed by atoms with Gasteiger partial charge in [0.2, 0.25) is 5.91 Å². The Balaban J connectivity index is 2.15. The standard InChI is InChI=1S/C15H23N3OS2/c1-11-17-12(10-21-11)9-18(2)14(19)15(13(16)20)7-5-3-4-6-8-15/h10H,3-9H2,1-2H3,(H2,16,20). The van der Waals surface area contributed by atoms with Crippen LogP contribution in [-0.2, 0) is 11.3 Å². The molecule has 2 rings (SSSR count). The van der Waals surface area contributed by atoms with Crippen LogP contribution in [-0.4, -0.2) is 27.8 Å². The zero-order chi connectivity index (χ0) is 15.5. The van der Waals surface area contributed by atoms with E-state index in [0.29, 0.717) is 11.5 Å². The Labute approximate surface area is 135 Å². The lowest BCUT2D eigenvalue weighted by Gasteiger charge is -2.34. The summed E-state index contributed by atoms with van der Waals surface area (Å²) in [6, 6.07) is 0. The number of thiocarbonyl (C=S) groups is 1. The van der Waals surface area contributed by atoms with Crippen LogP contribution in [0.4, 0.5) is 0 Å². The van der Waals surface area contributed by atoms with E-state index in [1.165, 1.54) is 0 Å². The quantitative estimate of drug-likeness (QED) is 0.683. The molecule has 0 unspecified atom stereocenters. The number of carbonyl (C=O) groups excluding carboxylic acids is 1. The summed E-state index contributed by atoms with van der Waals surface area (Å²) in [4.78, 5) is 19.5. The lowest BCUT2D eigenvalue weighted by Crippen LogP contribution is -2.49. The maximum absolute atomic E-state index is 13.0. The molecule has 1 amide bonds. The molecule has 1 aromatic rings. The van der Waals surface area contributed by atoms with Crippen molar-refractivity contribution in [1.82, 2.24) is 9.88 Å². The number of amides is 1. The predicted molar refractivity (Wildman–Crippen MR) is 90.2 cm³/mol. The molecule has 4 nitrogen and oxygen atoms in total. The van der Waals surface area contributed by atoms with Crippen LogP contribution < -0.4 is 5.73 Å². The Morgan fingerprint density at radius 3 is 2.52 bits per heavy atom. The van der Waals surface area contributed by atoms with Crippen molar-refractivity contribution in [2.24, 2.45) is 11.1 Å². The van der Waals surface area contributed by atoms with E-state index < -0.39 is 5.41 Å². The van der Waals surface area contributed by atoms with Crippen LogP contribution in [0.5, 0.6) is 0 Å². The summed E-state index contributed by atoms with van der Waals surface area (Å²) in [7, 11) is 1.82. The first kappa shape index (κ1) is 16.4. The number of carbonyl (C=O) groups is 1. The van der Waals surface area contributed by atoms with Crippen molar-refractivity contribution in [2.75, 3.05) is 7.05 Å². The Kier molecular flexibility index (Phi) is 5.32. The van der Waals surface area contributed by atoms with E-state index in [4.69, 9.17) is 18.0 Å². The average molecular weight is 326 g/mol. The Hall–Kier alpha value is -1.01. The molecule has 0 bridgehead atoms. The molecule has 116 valence electrons. The highest BCUT2D eigenvalue weighted by Gasteiger charge is 2.43. The average Bonchev–Trinajstić information content (AvgIpc) is 2.71. The summed E-state index contributed by atoms with van der Waals surface area (Å²) in [5, 5.41) is 3.02. The third-order valence-corrected chi connectivity index (χ3v) is 5.46. The zero-order valence-electron chi connectivity index (χ0n) is 12.7. The SMILES string of the molecule is Cc1nc(CN(C)C(=O)C2(C(N)=S)CCCCCC2)cs1. The first-order chi connectivity index (χ1) is 9.95. The molecule has 1 aromatic heterocycles. The van der Waals surface area contributed by atoms with E-state index in [9.17, 15) is 4.79 Å². The molecule has 1 aliphatic rings. The summed E-state index contributed by atoms with van der Waals surface area (Å²) in [6.45, 7) is 2.49. The number of aryl methyl sites for hydroxylation is 1. The van der Waals surface area contributed by atoms with Gasteiger partial charge in [-0.25, -0.2) is 4.98 Å². The van der Waals surface area contributed by atoms with Crippen LogP contribution in [0.15, 0.2) is 5.38 Å². The van der Waals surface area contributed by atoms with Gasteiger partial charge in [0.25, 0.3) is 0 Å². The second-order valence-electron chi connectivity index (χ2n) is 5.88. The largest absolute Gasteiger partial charge is 0.392 e. The van der Waals surface area contributed by atoms with Gasteiger partial charge in [-0.2, -0.15) is 0 Å². The minimum atomic E-state index is -0.647. The summed E-state index contributed by atoms with van der Waals surface area (Å²) < 4.78 is 0. The first-order valence-electron chi connectivity index (χ1n) is 7.42. The van der Waals surface area contributed by atoms with Crippen molar-refractivity contribution in [1.29, 1.82) is 0 Å². The van der Waals surface area contributed by atoms with Gasteiger partial charge in [0.1, 0.15) is 0 Å². The summed E-state index contributed by atoms with van der Waals surface area (Å²) >= 11 is 6.87. The monoisotopic (exact) mass is 325 g/mol. The van der Waals surface area contributed by atoms with Gasteiger partial charge in [-0.15, -0.1) is 11.3 Å². The van der Waals surface area contributed by atoms with Crippen molar-refractivity contribution >= 4 is 34.5 Å². The number of nitrogens with zero attached hydrogens (tertiary/aromatic N) is 2. The van der Waals surface area contributed by atoms with Crippen molar-refractivity contribution in [3.8, 4) is 0 Å². The Morgan fingerprint density at radius 1 is 1.43 bits per heavy atom. The van der Waals surface area contributed by atoms with Gasteiger partial charge >= 0.3 is 0 Å². The summed E-state index contributed by atoms with van der Waals surface area (Å²) in [5.74, 6) is 0.0579. The van der Waals surface area contributed by atoms with E-state index in [1.54, 1.807) is 16.2 Å². The molecule has 0 aliphatic heterocycles. The van der Waals surface area contributed by atoms with Crippen LogP contribution in [0.3, 0.4) is 0 Å². The summed E-state index contributed by atoms with van der Waals surface area (Å²) in [5.41, 5.74) is 6.26. The molecule has 1 aliphatic carbocycles. The third kappa shape index (κ3) is 3.61. The molecule has 0 aromatic carbocycles. The van der Waals surface area contributed by atoms with Crippen LogP contribution >= 0.6 is 23.6 Å². The van der Waals surface area contributed by atoms with Crippen LogP contribution in [0.25, 0.3) is 0 Å². The highest BCUT2D eigenvalue weighted by atomic mass is 32.1. The zero-order valence-corrected chi connectivity index (χ0v) is 14.4. The predicted octanol–water partition coefficient (Wildman–Crippen LogP) is 3.04. The van der Waals surface area contributed by atoms with Crippen molar-refractivity contribution < 1.29 is 4.79 Å². The molecule has 0 radical (unpaired) electrons. The molecule has 0 atom stereocenters. The number of aromatic nitrogens is 1. The molecule has 0 spiro atoms. The number of nitrogens with two attached hydrogens (primary N) is 1. The third-order valence-electron chi connectivity index (χ3n) is 4.25. The summed E-state index contributed by atoms with van der Waals surface area (Å²) in [6.07, 6.45) is 5.92. The topological polar surface area (TPSA) is 59.2 Å². The lowest BCUT2D eigenvalue weighted by atomic mass is 9.79. The highest BCUT2D eigenvalue weighted by Crippen LogP contribution is 2.37. The van der Waals surface area contributed by atoms with Crippen LogP contribution in [0.1, 0.15) is 49.2 Å². The van der Waals surface area contributed by atoms with Gasteiger partial charge in [0.05, 0.1) is 27.6 Å². The highest BCUT2D eigenvalue weighted by molar-refractivity contribution is 7.80. The van der Waals surface area contributed by atoms with Gasteiger partial charge in [-0.1, -0.05) is 37.9 Å². The van der Waals surface area contributed by atoms with E-state index in [2.05, 4.69) is 4.98 Å². The number of hydrogen-bond acceptors (Lipinski definition) is 4. The fraction of sp³-hybridized carbons (Fsp3) is 0.667. The number of rotatable bonds is 4. The molecule has 6 heteroatoms. The number of hydrogen-bond donors (Lipinski definition) is 1. The molecule has 1 saturated carbocycles. The molecule has 2 N–H and O–H groups in total. The molecular weight excluding hydrogens is 302 g/mol. The molecule has 1 heterocycles. The van der Waals surface area contributed by atoms with Crippen LogP contribution in [0.2, 0.25) is 0 Å². The van der Waals surface area contributed by atoms with Crippen molar-refractivity contribution in [2.45, 2.75) is 52.0 Å². The molecule has 1 fully saturated rings. The minimum absolute atomic E-state index is 0.0579. The smallest absolute Gasteiger partial charge is 0.235 e. The van der Waals surface area contributed by atoms with Crippen molar-refractivity contribution in [3.05, 3.63) is 16.1 Å². The second-order valence-corrected chi connectivity index (χ2v) is 7.38. The lowest BCUT2D eigenvalue weighted by molar-refractivity contribution is -0.138. The van der Waals surface area contributed by atoms with Crippen molar-refractivity contribution in [3.63, 3.8) is 0 Å². The first-order valence-corrected chi connectivity index (χ1v) is 8.71. The molecule has 21 heavy (non-hydrogen) atoms. The maximum Gasteiger partial charge on any atom is 0.235 e. The molecule has 0 saturated heterocycles.